The molecule has 0 unspecified atom stereocenters. The van der Waals surface area contributed by atoms with Gasteiger partial charge in [-0.2, -0.15) is 0 Å². The fourth-order valence-corrected chi connectivity index (χ4v) is 3.84. The Labute approximate surface area is 214 Å². The Hall–Kier alpha value is -2.04. The highest BCUT2D eigenvalue weighted by Gasteiger charge is 2.40. The summed E-state index contributed by atoms with van der Waals surface area (Å²) in [6.45, 7) is 9.47. The summed E-state index contributed by atoms with van der Waals surface area (Å²) in [5.41, 5.74) is -1.39. The van der Waals surface area contributed by atoms with E-state index in [-0.39, 0.29) is 6.10 Å². The SMILES string of the molecule is CCCCCCCCCCCCCCCCOC(=O)C(C)(C)C(=O)Oc1ccccc1OC(C)C. The number of rotatable bonds is 20. The van der Waals surface area contributed by atoms with E-state index in [4.69, 9.17) is 14.2 Å². The Kier molecular flexibility index (Phi) is 16.2. The van der Waals surface area contributed by atoms with E-state index in [9.17, 15) is 9.59 Å². The summed E-state index contributed by atoms with van der Waals surface area (Å²) in [4.78, 5) is 25.2. The van der Waals surface area contributed by atoms with Crippen LogP contribution >= 0.6 is 0 Å². The molecule has 0 fully saturated rings. The van der Waals surface area contributed by atoms with E-state index in [1.165, 1.54) is 84.5 Å². The van der Waals surface area contributed by atoms with Gasteiger partial charge in [-0.15, -0.1) is 0 Å². The first-order valence-electron chi connectivity index (χ1n) is 13.9. The third kappa shape index (κ3) is 13.6. The lowest BCUT2D eigenvalue weighted by atomic mass is 9.94. The van der Waals surface area contributed by atoms with E-state index in [0.29, 0.717) is 18.1 Å². The van der Waals surface area contributed by atoms with E-state index in [2.05, 4.69) is 6.92 Å². The lowest BCUT2D eigenvalue weighted by Gasteiger charge is -2.22. The first-order chi connectivity index (χ1) is 16.8. The maximum absolute atomic E-state index is 12.7. The van der Waals surface area contributed by atoms with Gasteiger partial charge in [0.1, 0.15) is 0 Å². The van der Waals surface area contributed by atoms with Crippen LogP contribution in [0.1, 0.15) is 125 Å². The van der Waals surface area contributed by atoms with Crippen molar-refractivity contribution in [3.63, 3.8) is 0 Å². The van der Waals surface area contributed by atoms with Crippen LogP contribution in [-0.2, 0) is 14.3 Å². The maximum atomic E-state index is 12.7. The normalized spacial score (nSPS) is 11.5. The minimum absolute atomic E-state index is 0.0575. The molecule has 0 aliphatic heterocycles. The van der Waals surface area contributed by atoms with Crippen LogP contribution in [0.5, 0.6) is 11.5 Å². The third-order valence-electron chi connectivity index (χ3n) is 6.17. The summed E-state index contributed by atoms with van der Waals surface area (Å²) in [7, 11) is 0. The molecular weight excluding hydrogens is 440 g/mol. The monoisotopic (exact) mass is 490 g/mol. The largest absolute Gasteiger partial charge is 0.487 e. The smallest absolute Gasteiger partial charge is 0.328 e. The number of para-hydroxylation sites is 2. The number of hydrogen-bond donors (Lipinski definition) is 0. The van der Waals surface area contributed by atoms with Crippen molar-refractivity contribution < 1.29 is 23.8 Å². The van der Waals surface area contributed by atoms with Crippen LogP contribution < -0.4 is 9.47 Å². The number of ether oxygens (including phenoxy) is 3. The van der Waals surface area contributed by atoms with E-state index in [1.807, 2.05) is 19.9 Å². The van der Waals surface area contributed by atoms with E-state index >= 15 is 0 Å². The van der Waals surface area contributed by atoms with Crippen molar-refractivity contribution in [1.29, 1.82) is 0 Å². The first-order valence-corrected chi connectivity index (χ1v) is 13.9. The number of esters is 2. The zero-order valence-corrected chi connectivity index (χ0v) is 23.0. The summed E-state index contributed by atoms with van der Waals surface area (Å²) in [5, 5.41) is 0. The standard InChI is InChI=1S/C30H50O5/c1-6-7-8-9-10-11-12-13-14-15-16-17-18-21-24-33-28(31)30(4,5)29(32)35-27-23-20-19-22-26(27)34-25(2)3/h19-20,22-23,25H,6-18,21,24H2,1-5H3. The molecule has 1 aromatic carbocycles. The molecule has 0 saturated carbocycles. The van der Waals surface area contributed by atoms with Gasteiger partial charge in [0.05, 0.1) is 12.7 Å². The van der Waals surface area contributed by atoms with Crippen LogP contribution in [0.3, 0.4) is 0 Å². The lowest BCUT2D eigenvalue weighted by Crippen LogP contribution is -2.38. The van der Waals surface area contributed by atoms with Crippen molar-refractivity contribution in [3.8, 4) is 11.5 Å². The molecule has 5 heteroatoms. The number of carbonyl (C=O) groups is 2. The summed E-state index contributed by atoms with van der Waals surface area (Å²) < 4.78 is 16.6. The highest BCUT2D eigenvalue weighted by atomic mass is 16.6. The molecule has 0 N–H and O–H groups in total. The predicted molar refractivity (Wildman–Crippen MR) is 143 cm³/mol. The van der Waals surface area contributed by atoms with Gasteiger partial charge in [-0.25, -0.2) is 0 Å². The van der Waals surface area contributed by atoms with Crippen molar-refractivity contribution in [1.82, 2.24) is 0 Å². The average molecular weight is 491 g/mol. The third-order valence-corrected chi connectivity index (χ3v) is 6.17. The van der Waals surface area contributed by atoms with Crippen LogP contribution in [0.4, 0.5) is 0 Å². The van der Waals surface area contributed by atoms with Crippen LogP contribution in [0.25, 0.3) is 0 Å². The van der Waals surface area contributed by atoms with Crippen molar-refractivity contribution >= 4 is 11.9 Å². The minimum atomic E-state index is -1.39. The molecule has 0 aromatic heterocycles. The second-order valence-corrected chi connectivity index (χ2v) is 10.4. The van der Waals surface area contributed by atoms with Gasteiger partial charge in [0.25, 0.3) is 0 Å². The molecule has 1 aromatic rings. The molecule has 0 amide bonds. The minimum Gasteiger partial charge on any atom is -0.487 e. The topological polar surface area (TPSA) is 61.8 Å². The quantitative estimate of drug-likeness (QED) is 0.0794. The van der Waals surface area contributed by atoms with Gasteiger partial charge in [-0.3, -0.25) is 9.59 Å². The van der Waals surface area contributed by atoms with Gasteiger partial charge < -0.3 is 14.2 Å². The molecule has 0 atom stereocenters. The Morgan fingerprint density at radius 2 is 1.17 bits per heavy atom. The first kappa shape index (κ1) is 31.0. The van der Waals surface area contributed by atoms with Crippen LogP contribution in [0, 0.1) is 5.41 Å². The highest BCUT2D eigenvalue weighted by Crippen LogP contribution is 2.30. The number of benzene rings is 1. The van der Waals surface area contributed by atoms with Crippen molar-refractivity contribution in [2.24, 2.45) is 5.41 Å². The molecule has 35 heavy (non-hydrogen) atoms. The molecule has 0 spiro atoms. The molecular formula is C30H50O5. The van der Waals surface area contributed by atoms with Gasteiger partial charge in [0, 0.05) is 0 Å². The van der Waals surface area contributed by atoms with Crippen molar-refractivity contribution in [3.05, 3.63) is 24.3 Å². The zero-order valence-electron chi connectivity index (χ0n) is 23.0. The fourth-order valence-electron chi connectivity index (χ4n) is 3.84. The number of unbranched alkanes of at least 4 members (excludes halogenated alkanes) is 13. The Morgan fingerprint density at radius 1 is 0.714 bits per heavy atom. The fraction of sp³-hybridized carbons (Fsp3) is 0.733. The molecule has 0 bridgehead atoms. The van der Waals surface area contributed by atoms with Crippen molar-refractivity contribution in [2.45, 2.75) is 131 Å². The van der Waals surface area contributed by atoms with Crippen LogP contribution in [0.15, 0.2) is 24.3 Å². The van der Waals surface area contributed by atoms with Gasteiger partial charge in [-0.1, -0.05) is 103 Å². The van der Waals surface area contributed by atoms with E-state index in [1.54, 1.807) is 18.2 Å². The average Bonchev–Trinajstić information content (AvgIpc) is 2.82. The Balaban J connectivity index is 2.16. The van der Waals surface area contributed by atoms with Gasteiger partial charge in [0.2, 0.25) is 0 Å². The van der Waals surface area contributed by atoms with Crippen LogP contribution in [-0.4, -0.2) is 24.6 Å². The number of hydrogen-bond acceptors (Lipinski definition) is 5. The second kappa shape index (κ2) is 18.3. The van der Waals surface area contributed by atoms with Gasteiger partial charge in [-0.05, 0) is 46.2 Å². The molecule has 1 rings (SSSR count). The van der Waals surface area contributed by atoms with Crippen LogP contribution in [0.2, 0.25) is 0 Å². The molecule has 200 valence electrons. The molecule has 5 nitrogen and oxygen atoms in total. The predicted octanol–water partition coefficient (Wildman–Crippen LogP) is 8.43. The molecule has 0 saturated heterocycles. The summed E-state index contributed by atoms with van der Waals surface area (Å²) >= 11 is 0. The Morgan fingerprint density at radius 3 is 1.66 bits per heavy atom. The summed E-state index contributed by atoms with van der Waals surface area (Å²) in [5.74, 6) is -0.427. The van der Waals surface area contributed by atoms with E-state index < -0.39 is 17.4 Å². The zero-order chi connectivity index (χ0) is 25.9. The maximum Gasteiger partial charge on any atom is 0.328 e. The van der Waals surface area contributed by atoms with Gasteiger partial charge >= 0.3 is 11.9 Å². The molecule has 0 aliphatic rings. The molecule has 0 radical (unpaired) electrons. The summed E-state index contributed by atoms with van der Waals surface area (Å²) in [6, 6.07) is 6.97. The van der Waals surface area contributed by atoms with E-state index in [0.717, 1.165) is 19.3 Å². The highest BCUT2D eigenvalue weighted by molar-refractivity contribution is 6.00. The Bertz CT molecular complexity index is 710. The molecule has 0 heterocycles. The number of carbonyl (C=O) groups excluding carboxylic acids is 2. The second-order valence-electron chi connectivity index (χ2n) is 10.4. The van der Waals surface area contributed by atoms with Gasteiger partial charge in [0.15, 0.2) is 16.9 Å². The lowest BCUT2D eigenvalue weighted by molar-refractivity contribution is -0.164. The van der Waals surface area contributed by atoms with Crippen molar-refractivity contribution in [2.75, 3.05) is 6.61 Å². The summed E-state index contributed by atoms with van der Waals surface area (Å²) in [6.07, 6.45) is 17.8. The molecule has 0 aliphatic carbocycles.